The first-order valence-corrected chi connectivity index (χ1v) is 4.62. The van der Waals surface area contributed by atoms with E-state index in [4.69, 9.17) is 0 Å². The van der Waals surface area contributed by atoms with Gasteiger partial charge >= 0.3 is 0 Å². The van der Waals surface area contributed by atoms with Crippen molar-refractivity contribution in [2.45, 2.75) is 24.9 Å². The zero-order valence-electron chi connectivity index (χ0n) is 5.11. The molecule has 1 aliphatic rings. The standard InChI is InChI=1S/C6H11OP/c1-8-6-4-2-3-5(6)7/h6,8H,2-4H2,1H3. The Morgan fingerprint density at radius 2 is 2.50 bits per heavy atom. The lowest BCUT2D eigenvalue weighted by Gasteiger charge is -1.99. The molecule has 2 heteroatoms. The molecule has 2 atom stereocenters. The summed E-state index contributed by atoms with van der Waals surface area (Å²) >= 11 is 0. The maximum Gasteiger partial charge on any atom is 0.139 e. The Hall–Kier alpha value is 0.100. The van der Waals surface area contributed by atoms with Crippen LogP contribution >= 0.6 is 8.58 Å². The van der Waals surface area contributed by atoms with E-state index in [0.717, 1.165) is 27.8 Å². The third-order valence-corrected chi connectivity index (χ3v) is 2.96. The van der Waals surface area contributed by atoms with Crippen LogP contribution in [0.3, 0.4) is 0 Å². The molecule has 0 saturated heterocycles. The lowest BCUT2D eigenvalue weighted by atomic mass is 10.3. The number of carbonyl (C=O) groups is 1. The minimum atomic E-state index is 0.454. The van der Waals surface area contributed by atoms with Gasteiger partial charge in [0.25, 0.3) is 0 Å². The smallest absolute Gasteiger partial charge is 0.139 e. The maximum absolute atomic E-state index is 10.8. The fourth-order valence-electron chi connectivity index (χ4n) is 1.12. The zero-order chi connectivity index (χ0) is 5.98. The molecule has 0 aromatic rings. The minimum absolute atomic E-state index is 0.454. The molecule has 0 amide bonds. The van der Waals surface area contributed by atoms with Crippen molar-refractivity contribution in [2.24, 2.45) is 0 Å². The molecule has 8 heavy (non-hydrogen) atoms. The Morgan fingerprint density at radius 1 is 1.75 bits per heavy atom. The van der Waals surface area contributed by atoms with Gasteiger partial charge in [0.2, 0.25) is 0 Å². The van der Waals surface area contributed by atoms with Gasteiger partial charge < -0.3 is 0 Å². The molecule has 0 aromatic heterocycles. The van der Waals surface area contributed by atoms with Gasteiger partial charge in [-0.05, 0) is 19.5 Å². The number of hydrogen-bond acceptors (Lipinski definition) is 1. The van der Waals surface area contributed by atoms with Gasteiger partial charge in [0.15, 0.2) is 0 Å². The average molecular weight is 130 g/mol. The van der Waals surface area contributed by atoms with E-state index < -0.39 is 0 Å². The summed E-state index contributed by atoms with van der Waals surface area (Å²) in [5.41, 5.74) is 0.454. The van der Waals surface area contributed by atoms with E-state index in [0.29, 0.717) is 11.4 Å². The summed E-state index contributed by atoms with van der Waals surface area (Å²) in [5.74, 6) is 0.505. The minimum Gasteiger partial charge on any atom is -0.299 e. The largest absolute Gasteiger partial charge is 0.299 e. The molecule has 1 saturated carbocycles. The van der Waals surface area contributed by atoms with Gasteiger partial charge in [-0.2, -0.15) is 0 Å². The van der Waals surface area contributed by atoms with Crippen LogP contribution < -0.4 is 0 Å². The van der Waals surface area contributed by atoms with Crippen LogP contribution in [0.15, 0.2) is 0 Å². The molecule has 46 valence electrons. The first-order valence-electron chi connectivity index (χ1n) is 3.04. The van der Waals surface area contributed by atoms with Crippen LogP contribution in [0.25, 0.3) is 0 Å². The molecule has 0 radical (unpaired) electrons. The van der Waals surface area contributed by atoms with Gasteiger partial charge in [0.1, 0.15) is 5.78 Å². The predicted molar refractivity (Wildman–Crippen MR) is 36.9 cm³/mol. The lowest BCUT2D eigenvalue weighted by Crippen LogP contribution is -2.04. The summed E-state index contributed by atoms with van der Waals surface area (Å²) in [6, 6.07) is 0. The van der Waals surface area contributed by atoms with Crippen molar-refractivity contribution in [3.8, 4) is 0 Å². The van der Waals surface area contributed by atoms with E-state index in [1.807, 2.05) is 0 Å². The SMILES string of the molecule is CPC1CCCC1=O. The molecule has 0 N–H and O–H groups in total. The molecule has 0 heterocycles. The van der Waals surface area contributed by atoms with E-state index in [2.05, 4.69) is 6.66 Å². The highest BCUT2D eigenvalue weighted by Gasteiger charge is 2.21. The van der Waals surface area contributed by atoms with Crippen LogP contribution in [-0.4, -0.2) is 18.1 Å². The van der Waals surface area contributed by atoms with Crippen LogP contribution in [0.4, 0.5) is 0 Å². The van der Waals surface area contributed by atoms with E-state index >= 15 is 0 Å². The van der Waals surface area contributed by atoms with Crippen molar-refractivity contribution in [2.75, 3.05) is 6.66 Å². The summed E-state index contributed by atoms with van der Waals surface area (Å²) in [4.78, 5) is 10.8. The van der Waals surface area contributed by atoms with Gasteiger partial charge in [-0.25, -0.2) is 0 Å². The number of hydrogen-bond donors (Lipinski definition) is 0. The Morgan fingerprint density at radius 3 is 2.75 bits per heavy atom. The first kappa shape index (κ1) is 6.22. The van der Waals surface area contributed by atoms with Crippen LogP contribution in [0.2, 0.25) is 0 Å². The lowest BCUT2D eigenvalue weighted by molar-refractivity contribution is -0.117. The van der Waals surface area contributed by atoms with Gasteiger partial charge in [-0.15, -0.1) is 8.58 Å². The molecule has 2 unspecified atom stereocenters. The maximum atomic E-state index is 10.8. The number of ketones is 1. The van der Waals surface area contributed by atoms with Gasteiger partial charge in [-0.1, -0.05) is 0 Å². The highest BCUT2D eigenvalue weighted by Crippen LogP contribution is 2.28. The van der Waals surface area contributed by atoms with Crippen LogP contribution in [0, 0.1) is 0 Å². The van der Waals surface area contributed by atoms with Crippen LogP contribution in [0.1, 0.15) is 19.3 Å². The molecule has 0 bridgehead atoms. The third-order valence-electron chi connectivity index (χ3n) is 1.65. The Bertz CT molecular complexity index is 101. The summed E-state index contributed by atoms with van der Waals surface area (Å²) in [7, 11) is 0.842. The first-order chi connectivity index (χ1) is 3.84. The quantitative estimate of drug-likeness (QED) is 0.490. The summed E-state index contributed by atoms with van der Waals surface area (Å²) < 4.78 is 0. The summed E-state index contributed by atoms with van der Waals surface area (Å²) in [6.45, 7) is 2.12. The van der Waals surface area contributed by atoms with Crippen molar-refractivity contribution in [3.63, 3.8) is 0 Å². The zero-order valence-corrected chi connectivity index (χ0v) is 6.11. The molecule has 0 spiro atoms. The van der Waals surface area contributed by atoms with Crippen molar-refractivity contribution >= 4 is 14.4 Å². The van der Waals surface area contributed by atoms with Gasteiger partial charge in [0, 0.05) is 12.1 Å². The second kappa shape index (κ2) is 2.59. The van der Waals surface area contributed by atoms with Gasteiger partial charge in [-0.3, -0.25) is 4.79 Å². The monoisotopic (exact) mass is 130 g/mol. The van der Waals surface area contributed by atoms with Crippen molar-refractivity contribution < 1.29 is 4.79 Å². The van der Waals surface area contributed by atoms with Crippen LogP contribution in [0.5, 0.6) is 0 Å². The average Bonchev–Trinajstić information content (AvgIpc) is 2.14. The topological polar surface area (TPSA) is 17.1 Å². The van der Waals surface area contributed by atoms with E-state index in [9.17, 15) is 4.79 Å². The van der Waals surface area contributed by atoms with E-state index in [1.165, 1.54) is 0 Å². The van der Waals surface area contributed by atoms with Crippen molar-refractivity contribution in [3.05, 3.63) is 0 Å². The second-order valence-electron chi connectivity index (χ2n) is 2.20. The van der Waals surface area contributed by atoms with Gasteiger partial charge in [0.05, 0.1) is 0 Å². The van der Waals surface area contributed by atoms with E-state index in [1.54, 1.807) is 0 Å². The molecular weight excluding hydrogens is 119 g/mol. The van der Waals surface area contributed by atoms with Crippen molar-refractivity contribution in [1.29, 1.82) is 0 Å². The number of Topliss-reactive ketones (excluding diaryl/α,β-unsaturated/α-hetero) is 1. The predicted octanol–water partition coefficient (Wildman–Crippen LogP) is 1.42. The number of rotatable bonds is 1. The summed E-state index contributed by atoms with van der Waals surface area (Å²) in [6.07, 6.45) is 3.16. The van der Waals surface area contributed by atoms with E-state index in [-0.39, 0.29) is 0 Å². The highest BCUT2D eigenvalue weighted by molar-refractivity contribution is 7.39. The Kier molecular flexibility index (Phi) is 2.01. The molecule has 1 fully saturated rings. The van der Waals surface area contributed by atoms with Crippen molar-refractivity contribution in [1.82, 2.24) is 0 Å². The fourth-order valence-corrected chi connectivity index (χ4v) is 2.08. The Labute approximate surface area is 51.6 Å². The molecular formula is C6H11OP. The number of carbonyl (C=O) groups excluding carboxylic acids is 1. The third kappa shape index (κ3) is 1.08. The summed E-state index contributed by atoms with van der Waals surface area (Å²) in [5, 5.41) is 0. The Balaban J connectivity index is 2.42. The molecule has 1 rings (SSSR count). The molecule has 0 aliphatic heterocycles. The normalized spacial score (nSPS) is 30.6. The van der Waals surface area contributed by atoms with Crippen LogP contribution in [-0.2, 0) is 4.79 Å². The highest BCUT2D eigenvalue weighted by atomic mass is 31.1. The molecule has 0 aromatic carbocycles. The second-order valence-corrected chi connectivity index (χ2v) is 3.47. The fraction of sp³-hybridized carbons (Fsp3) is 0.833. The molecule has 1 aliphatic carbocycles. The molecule has 1 nitrogen and oxygen atoms in total.